The van der Waals surface area contributed by atoms with Gasteiger partial charge >= 0.3 is 0 Å². The SMILES string of the molecule is CN(C(=O)CC1Cc2ccccc2N1)c1ccc(Cl)cc1. The average Bonchev–Trinajstić information content (AvgIpc) is 2.89. The smallest absolute Gasteiger partial charge is 0.228 e. The van der Waals surface area contributed by atoms with E-state index in [9.17, 15) is 4.79 Å². The summed E-state index contributed by atoms with van der Waals surface area (Å²) in [6.45, 7) is 0. The maximum atomic E-state index is 12.4. The van der Waals surface area contributed by atoms with Crippen LogP contribution < -0.4 is 10.2 Å². The average molecular weight is 301 g/mol. The molecule has 21 heavy (non-hydrogen) atoms. The molecule has 0 saturated heterocycles. The Hall–Kier alpha value is -2.00. The van der Waals surface area contributed by atoms with Crippen LogP contribution in [0.25, 0.3) is 0 Å². The molecule has 0 aromatic heterocycles. The number of rotatable bonds is 3. The molecule has 0 radical (unpaired) electrons. The summed E-state index contributed by atoms with van der Waals surface area (Å²) >= 11 is 5.87. The molecule has 1 unspecified atom stereocenters. The molecule has 108 valence electrons. The number of fused-ring (bicyclic) bond motifs is 1. The maximum Gasteiger partial charge on any atom is 0.228 e. The fourth-order valence-corrected chi connectivity index (χ4v) is 2.78. The summed E-state index contributed by atoms with van der Waals surface area (Å²) in [5.74, 6) is 0.0997. The third-order valence-corrected chi connectivity index (χ3v) is 4.10. The second kappa shape index (κ2) is 5.78. The second-order valence-corrected chi connectivity index (χ2v) is 5.77. The van der Waals surface area contributed by atoms with Crippen LogP contribution in [0.2, 0.25) is 5.02 Å². The first-order valence-electron chi connectivity index (χ1n) is 7.00. The molecule has 1 aliphatic rings. The Kier molecular flexibility index (Phi) is 3.84. The highest BCUT2D eigenvalue weighted by Crippen LogP contribution is 2.27. The molecular weight excluding hydrogens is 284 g/mol. The Morgan fingerprint density at radius 1 is 1.24 bits per heavy atom. The van der Waals surface area contributed by atoms with Gasteiger partial charge in [0.25, 0.3) is 0 Å². The third-order valence-electron chi connectivity index (χ3n) is 3.85. The van der Waals surface area contributed by atoms with Crippen molar-refractivity contribution in [2.45, 2.75) is 18.9 Å². The Balaban J connectivity index is 1.64. The lowest BCUT2D eigenvalue weighted by molar-refractivity contribution is -0.118. The maximum absolute atomic E-state index is 12.4. The van der Waals surface area contributed by atoms with Crippen molar-refractivity contribution in [2.24, 2.45) is 0 Å². The first-order valence-corrected chi connectivity index (χ1v) is 7.38. The molecule has 1 amide bonds. The van der Waals surface area contributed by atoms with Crippen molar-refractivity contribution in [3.05, 3.63) is 59.1 Å². The second-order valence-electron chi connectivity index (χ2n) is 5.34. The zero-order valence-electron chi connectivity index (χ0n) is 11.8. The monoisotopic (exact) mass is 300 g/mol. The molecular formula is C17H17ClN2O. The Bertz CT molecular complexity index is 629. The predicted octanol–water partition coefficient (Wildman–Crippen LogP) is 3.73. The third kappa shape index (κ3) is 3.03. The van der Waals surface area contributed by atoms with Gasteiger partial charge in [-0.3, -0.25) is 4.79 Å². The van der Waals surface area contributed by atoms with Crippen LogP contribution in [-0.2, 0) is 11.2 Å². The lowest BCUT2D eigenvalue weighted by Gasteiger charge is -2.20. The molecule has 0 fully saturated rings. The van der Waals surface area contributed by atoms with Gasteiger partial charge in [0.2, 0.25) is 5.91 Å². The molecule has 1 atom stereocenters. The fourth-order valence-electron chi connectivity index (χ4n) is 2.66. The standard InChI is InChI=1S/C17H17ClN2O/c1-20(15-8-6-13(18)7-9-15)17(21)11-14-10-12-4-2-3-5-16(12)19-14/h2-9,14,19H,10-11H2,1H3. The molecule has 3 nitrogen and oxygen atoms in total. The van der Waals surface area contributed by atoms with E-state index in [4.69, 9.17) is 11.6 Å². The molecule has 1 N–H and O–H groups in total. The minimum absolute atomic E-state index is 0.0997. The molecule has 0 saturated carbocycles. The van der Waals surface area contributed by atoms with E-state index in [1.54, 1.807) is 24.1 Å². The van der Waals surface area contributed by atoms with Crippen molar-refractivity contribution in [2.75, 3.05) is 17.3 Å². The molecule has 1 heterocycles. The van der Waals surface area contributed by atoms with Crippen LogP contribution in [0.4, 0.5) is 11.4 Å². The first-order chi connectivity index (χ1) is 10.1. The zero-order valence-corrected chi connectivity index (χ0v) is 12.6. The van der Waals surface area contributed by atoms with Gasteiger partial charge in [-0.2, -0.15) is 0 Å². The quantitative estimate of drug-likeness (QED) is 0.937. The van der Waals surface area contributed by atoms with Crippen molar-refractivity contribution in [1.29, 1.82) is 0 Å². The number of hydrogen-bond donors (Lipinski definition) is 1. The normalized spacial score (nSPS) is 16.2. The molecule has 0 spiro atoms. The van der Waals surface area contributed by atoms with Gasteiger partial charge in [-0.25, -0.2) is 0 Å². The molecule has 0 bridgehead atoms. The van der Waals surface area contributed by atoms with Gasteiger partial charge in [0.05, 0.1) is 0 Å². The number of anilines is 2. The first kappa shape index (κ1) is 14.0. The van der Waals surface area contributed by atoms with Crippen molar-refractivity contribution in [3.63, 3.8) is 0 Å². The number of nitrogens with zero attached hydrogens (tertiary/aromatic N) is 1. The van der Waals surface area contributed by atoms with Crippen LogP contribution in [0.3, 0.4) is 0 Å². The summed E-state index contributed by atoms with van der Waals surface area (Å²) < 4.78 is 0. The van der Waals surface area contributed by atoms with Crippen LogP contribution in [-0.4, -0.2) is 19.0 Å². The number of hydrogen-bond acceptors (Lipinski definition) is 2. The largest absolute Gasteiger partial charge is 0.381 e. The van der Waals surface area contributed by atoms with Crippen molar-refractivity contribution >= 4 is 28.9 Å². The minimum Gasteiger partial charge on any atom is -0.381 e. The topological polar surface area (TPSA) is 32.3 Å². The summed E-state index contributed by atoms with van der Waals surface area (Å²) in [6.07, 6.45) is 1.38. The van der Waals surface area contributed by atoms with E-state index >= 15 is 0 Å². The van der Waals surface area contributed by atoms with E-state index in [1.807, 2.05) is 24.3 Å². The number of amides is 1. The molecule has 4 heteroatoms. The van der Waals surface area contributed by atoms with E-state index in [0.717, 1.165) is 17.8 Å². The van der Waals surface area contributed by atoms with Crippen molar-refractivity contribution in [1.82, 2.24) is 0 Å². The van der Waals surface area contributed by atoms with Crippen molar-refractivity contribution in [3.8, 4) is 0 Å². The van der Waals surface area contributed by atoms with E-state index in [-0.39, 0.29) is 11.9 Å². The van der Waals surface area contributed by atoms with Crippen LogP contribution >= 0.6 is 11.6 Å². The van der Waals surface area contributed by atoms with Gasteiger partial charge in [0.1, 0.15) is 0 Å². The number of nitrogens with one attached hydrogen (secondary N) is 1. The van der Waals surface area contributed by atoms with E-state index in [1.165, 1.54) is 5.56 Å². The Labute approximate surface area is 129 Å². The van der Waals surface area contributed by atoms with Crippen LogP contribution in [0.15, 0.2) is 48.5 Å². The van der Waals surface area contributed by atoms with Gasteiger partial charge in [-0.15, -0.1) is 0 Å². The van der Waals surface area contributed by atoms with E-state index < -0.39 is 0 Å². The molecule has 2 aromatic rings. The molecule has 0 aliphatic carbocycles. The summed E-state index contributed by atoms with van der Waals surface area (Å²) in [5.41, 5.74) is 3.29. The fraction of sp³-hybridized carbons (Fsp3) is 0.235. The summed E-state index contributed by atoms with van der Waals surface area (Å²) in [6, 6.07) is 15.7. The number of carbonyl (C=O) groups is 1. The summed E-state index contributed by atoms with van der Waals surface area (Å²) in [4.78, 5) is 14.1. The molecule has 2 aromatic carbocycles. The number of halogens is 1. The predicted molar refractivity (Wildman–Crippen MR) is 87.0 cm³/mol. The van der Waals surface area contributed by atoms with Gasteiger partial charge in [-0.1, -0.05) is 29.8 Å². The van der Waals surface area contributed by atoms with Crippen LogP contribution in [0.5, 0.6) is 0 Å². The highest BCUT2D eigenvalue weighted by molar-refractivity contribution is 6.30. The highest BCUT2D eigenvalue weighted by Gasteiger charge is 2.24. The van der Waals surface area contributed by atoms with Gasteiger partial charge in [-0.05, 0) is 42.3 Å². The number of carbonyl (C=O) groups excluding carboxylic acids is 1. The van der Waals surface area contributed by atoms with E-state index in [0.29, 0.717) is 11.4 Å². The Morgan fingerprint density at radius 2 is 1.95 bits per heavy atom. The molecule has 3 rings (SSSR count). The number of benzene rings is 2. The highest BCUT2D eigenvalue weighted by atomic mass is 35.5. The zero-order chi connectivity index (χ0) is 14.8. The summed E-state index contributed by atoms with van der Waals surface area (Å²) in [5, 5.41) is 4.09. The van der Waals surface area contributed by atoms with Gasteiger partial charge in [0.15, 0.2) is 0 Å². The van der Waals surface area contributed by atoms with Crippen LogP contribution in [0, 0.1) is 0 Å². The van der Waals surface area contributed by atoms with Gasteiger partial charge in [0, 0.05) is 35.9 Å². The number of para-hydroxylation sites is 1. The molecule has 1 aliphatic heterocycles. The lowest BCUT2D eigenvalue weighted by Crippen LogP contribution is -2.31. The lowest BCUT2D eigenvalue weighted by atomic mass is 10.1. The van der Waals surface area contributed by atoms with Gasteiger partial charge < -0.3 is 10.2 Å². The van der Waals surface area contributed by atoms with E-state index in [2.05, 4.69) is 17.4 Å². The summed E-state index contributed by atoms with van der Waals surface area (Å²) in [7, 11) is 1.80. The Morgan fingerprint density at radius 3 is 2.67 bits per heavy atom. The minimum atomic E-state index is 0.0997. The van der Waals surface area contributed by atoms with Crippen LogP contribution in [0.1, 0.15) is 12.0 Å². The van der Waals surface area contributed by atoms with Crippen molar-refractivity contribution < 1.29 is 4.79 Å².